The number of nitrogens with two attached hydrogens (primary N) is 1. The van der Waals surface area contributed by atoms with Crippen LogP contribution in [0.4, 0.5) is 0 Å². The van der Waals surface area contributed by atoms with Crippen LogP contribution >= 0.6 is 0 Å². The van der Waals surface area contributed by atoms with Gasteiger partial charge in [0.05, 0.1) is 0 Å². The highest BCUT2D eigenvalue weighted by Gasteiger charge is 2.14. The lowest BCUT2D eigenvalue weighted by Gasteiger charge is -1.96. The monoisotopic (exact) mass is 115 g/mol. The van der Waals surface area contributed by atoms with Crippen LogP contribution in [-0.2, 0) is 9.59 Å². The fraction of sp³-hybridized carbons (Fsp3) is 0.500. The van der Waals surface area contributed by atoms with E-state index in [0.29, 0.717) is 0 Å². The lowest BCUT2D eigenvalue weighted by molar-refractivity contribution is -0.131. The second kappa shape index (κ2) is 2.30. The van der Waals surface area contributed by atoms with Crippen molar-refractivity contribution >= 4 is 11.8 Å². The summed E-state index contributed by atoms with van der Waals surface area (Å²) in [4.78, 5) is 20.0. The van der Waals surface area contributed by atoms with Gasteiger partial charge in [0.1, 0.15) is 5.92 Å². The molecule has 0 spiro atoms. The SMILES string of the molecule is C[C@@H](C([NH])=O)C(N)=O. The van der Waals surface area contributed by atoms with Crippen molar-refractivity contribution in [3.05, 3.63) is 0 Å². The summed E-state index contributed by atoms with van der Waals surface area (Å²) in [6, 6.07) is 0. The van der Waals surface area contributed by atoms with Crippen molar-refractivity contribution in [1.82, 2.24) is 5.73 Å². The molecule has 4 nitrogen and oxygen atoms in total. The molecule has 0 aliphatic heterocycles. The molecule has 0 bridgehead atoms. The third kappa shape index (κ3) is 1.59. The Labute approximate surface area is 46.8 Å². The van der Waals surface area contributed by atoms with E-state index >= 15 is 0 Å². The molecule has 0 saturated carbocycles. The molecule has 0 heterocycles. The normalized spacial score (nSPS) is 9.25. The molecular formula is C4H7N2O2. The van der Waals surface area contributed by atoms with Crippen molar-refractivity contribution in [2.24, 2.45) is 11.7 Å². The van der Waals surface area contributed by atoms with E-state index < -0.39 is 17.7 Å². The van der Waals surface area contributed by atoms with Gasteiger partial charge in [-0.15, -0.1) is 0 Å². The fourth-order valence-corrected chi connectivity index (χ4v) is 0.129. The maximum atomic E-state index is 10.0. The Balaban J connectivity index is 3.83. The molecule has 1 radical (unpaired) electrons. The van der Waals surface area contributed by atoms with E-state index in [2.05, 4.69) is 5.73 Å². The first-order valence-corrected chi connectivity index (χ1v) is 2.10. The molecule has 0 unspecified atom stereocenters. The van der Waals surface area contributed by atoms with Crippen LogP contribution in [0.25, 0.3) is 0 Å². The first kappa shape index (κ1) is 6.94. The van der Waals surface area contributed by atoms with Gasteiger partial charge in [0.25, 0.3) is 5.91 Å². The van der Waals surface area contributed by atoms with Crippen molar-refractivity contribution < 1.29 is 9.59 Å². The smallest absolute Gasteiger partial charge is 0.250 e. The maximum absolute atomic E-state index is 10.0. The highest BCUT2D eigenvalue weighted by molar-refractivity contribution is 5.97. The molecule has 2 amide bonds. The standard InChI is InChI=1S/C4H7N2O2/c1-2(3(5)7)4(6)8/h2,5H,1H3,(H2,6,8)/t2-/m0/s1. The van der Waals surface area contributed by atoms with Crippen LogP contribution in [0.2, 0.25) is 0 Å². The molecule has 3 N–H and O–H groups in total. The number of hydrogen-bond donors (Lipinski definition) is 1. The number of rotatable bonds is 2. The van der Waals surface area contributed by atoms with E-state index in [1.54, 1.807) is 0 Å². The molecule has 4 heteroatoms. The minimum absolute atomic E-state index is 0.745. The minimum atomic E-state index is -0.963. The van der Waals surface area contributed by atoms with Gasteiger partial charge in [-0.3, -0.25) is 15.3 Å². The third-order valence-electron chi connectivity index (χ3n) is 0.820. The predicted molar refractivity (Wildman–Crippen MR) is 26.5 cm³/mol. The van der Waals surface area contributed by atoms with E-state index in [1.165, 1.54) is 6.92 Å². The van der Waals surface area contributed by atoms with Crippen molar-refractivity contribution in [1.29, 1.82) is 0 Å². The molecule has 0 aliphatic rings. The molecule has 8 heavy (non-hydrogen) atoms. The largest absolute Gasteiger partial charge is 0.369 e. The second-order valence-corrected chi connectivity index (χ2v) is 1.49. The highest BCUT2D eigenvalue weighted by Crippen LogP contribution is 1.89. The van der Waals surface area contributed by atoms with Gasteiger partial charge in [0.15, 0.2) is 0 Å². The van der Waals surface area contributed by atoms with Crippen molar-refractivity contribution in [3.8, 4) is 0 Å². The molecule has 0 aromatic heterocycles. The number of amides is 2. The van der Waals surface area contributed by atoms with Gasteiger partial charge in [-0.1, -0.05) is 0 Å². The lowest BCUT2D eigenvalue weighted by Crippen LogP contribution is -2.28. The van der Waals surface area contributed by atoms with E-state index in [9.17, 15) is 9.59 Å². The topological polar surface area (TPSA) is 84.0 Å². The first-order chi connectivity index (χ1) is 3.55. The third-order valence-corrected chi connectivity index (χ3v) is 0.820. The molecule has 1 atom stereocenters. The molecule has 45 valence electrons. The van der Waals surface area contributed by atoms with E-state index in [1.807, 2.05) is 0 Å². The second-order valence-electron chi connectivity index (χ2n) is 1.49. The van der Waals surface area contributed by atoms with E-state index in [4.69, 9.17) is 5.73 Å². The number of carbonyl (C=O) groups excluding carboxylic acids is 2. The summed E-state index contributed by atoms with van der Waals surface area (Å²) in [5.41, 5.74) is 11.0. The Morgan fingerprint density at radius 3 is 2.00 bits per heavy atom. The van der Waals surface area contributed by atoms with Crippen LogP contribution in [-0.4, -0.2) is 11.8 Å². The van der Waals surface area contributed by atoms with Gasteiger partial charge in [-0.25, -0.2) is 0 Å². The summed E-state index contributed by atoms with van der Waals surface area (Å²) >= 11 is 0. The zero-order chi connectivity index (χ0) is 6.73. The Bertz CT molecular complexity index is 107. The predicted octanol–water partition coefficient (Wildman–Crippen LogP) is -1.08. The summed E-state index contributed by atoms with van der Waals surface area (Å²) < 4.78 is 0. The zero-order valence-electron chi connectivity index (χ0n) is 4.47. The molecule has 0 aliphatic carbocycles. The number of hydrogen-bond acceptors (Lipinski definition) is 2. The van der Waals surface area contributed by atoms with Gasteiger partial charge in [0.2, 0.25) is 5.91 Å². The van der Waals surface area contributed by atoms with Crippen LogP contribution in [0.5, 0.6) is 0 Å². The van der Waals surface area contributed by atoms with E-state index in [-0.39, 0.29) is 0 Å². The van der Waals surface area contributed by atoms with Crippen molar-refractivity contribution in [2.45, 2.75) is 6.92 Å². The van der Waals surface area contributed by atoms with Crippen LogP contribution in [0.15, 0.2) is 0 Å². The minimum Gasteiger partial charge on any atom is -0.369 e. The summed E-state index contributed by atoms with van der Waals surface area (Å²) in [6.07, 6.45) is 0. The van der Waals surface area contributed by atoms with Gasteiger partial charge in [-0.2, -0.15) is 0 Å². The van der Waals surface area contributed by atoms with Gasteiger partial charge < -0.3 is 5.73 Å². The highest BCUT2D eigenvalue weighted by atomic mass is 16.2. The summed E-state index contributed by atoms with van der Waals surface area (Å²) in [5, 5.41) is 0. The molecule has 0 aromatic rings. The number of primary amides is 1. The molecule has 0 aromatic carbocycles. The molecule has 0 fully saturated rings. The zero-order valence-corrected chi connectivity index (χ0v) is 4.47. The van der Waals surface area contributed by atoms with Crippen LogP contribution in [0.3, 0.4) is 0 Å². The van der Waals surface area contributed by atoms with Crippen LogP contribution in [0, 0.1) is 5.92 Å². The lowest BCUT2D eigenvalue weighted by atomic mass is 10.2. The molecule has 0 rings (SSSR count). The van der Waals surface area contributed by atoms with Crippen molar-refractivity contribution in [3.63, 3.8) is 0 Å². The Kier molecular flexibility index (Phi) is 1.99. The Hall–Kier alpha value is -1.06. The summed E-state index contributed by atoms with van der Waals surface area (Å²) in [5.74, 6) is -2.64. The number of nitrogens with one attached hydrogen (secondary N) is 1. The van der Waals surface area contributed by atoms with Crippen molar-refractivity contribution in [2.75, 3.05) is 0 Å². The molecular weight excluding hydrogens is 108 g/mol. The average Bonchev–Trinajstić information content (AvgIpc) is 1.64. The summed E-state index contributed by atoms with van der Waals surface area (Å²) in [7, 11) is 0. The van der Waals surface area contributed by atoms with Crippen LogP contribution < -0.4 is 11.5 Å². The maximum Gasteiger partial charge on any atom is 0.250 e. The fourth-order valence-electron chi connectivity index (χ4n) is 0.129. The Morgan fingerprint density at radius 1 is 1.62 bits per heavy atom. The van der Waals surface area contributed by atoms with Gasteiger partial charge in [0, 0.05) is 0 Å². The molecule has 0 saturated heterocycles. The average molecular weight is 115 g/mol. The van der Waals surface area contributed by atoms with Crippen LogP contribution in [0.1, 0.15) is 6.92 Å². The van der Waals surface area contributed by atoms with E-state index in [0.717, 1.165) is 0 Å². The van der Waals surface area contributed by atoms with Gasteiger partial charge >= 0.3 is 0 Å². The quantitative estimate of drug-likeness (QED) is 0.464. The Morgan fingerprint density at radius 2 is 2.00 bits per heavy atom. The number of carbonyl (C=O) groups is 2. The van der Waals surface area contributed by atoms with Gasteiger partial charge in [-0.05, 0) is 6.92 Å². The first-order valence-electron chi connectivity index (χ1n) is 2.10. The summed E-state index contributed by atoms with van der Waals surface area (Å²) in [6.45, 7) is 1.30.